The van der Waals surface area contributed by atoms with Crippen LogP contribution in [-0.2, 0) is 9.84 Å². The van der Waals surface area contributed by atoms with E-state index in [-0.39, 0.29) is 11.8 Å². The minimum Gasteiger partial charge on any atom is -0.347 e. The van der Waals surface area contributed by atoms with Gasteiger partial charge in [-0.25, -0.2) is 18.4 Å². The van der Waals surface area contributed by atoms with Gasteiger partial charge in [-0.3, -0.25) is 0 Å². The van der Waals surface area contributed by atoms with Crippen LogP contribution in [0.2, 0.25) is 0 Å². The van der Waals surface area contributed by atoms with Crippen molar-refractivity contribution in [2.24, 2.45) is 0 Å². The van der Waals surface area contributed by atoms with Gasteiger partial charge in [0, 0.05) is 17.3 Å². The fourth-order valence-corrected chi connectivity index (χ4v) is 2.59. The number of rotatable bonds is 2. The van der Waals surface area contributed by atoms with Crippen LogP contribution in [0.25, 0.3) is 0 Å². The molecule has 0 saturated heterocycles. The summed E-state index contributed by atoms with van der Waals surface area (Å²) in [4.78, 5) is 8.13. The lowest BCUT2D eigenvalue weighted by atomic mass is 10.3. The summed E-state index contributed by atoms with van der Waals surface area (Å²) < 4.78 is 22.3. The molecule has 0 radical (unpaired) electrons. The van der Waals surface area contributed by atoms with E-state index in [0.29, 0.717) is 5.95 Å². The van der Waals surface area contributed by atoms with E-state index < -0.39 is 9.84 Å². The van der Waals surface area contributed by atoms with Crippen LogP contribution in [0.3, 0.4) is 0 Å². The van der Waals surface area contributed by atoms with Gasteiger partial charge in [-0.15, -0.1) is 0 Å². The third kappa shape index (κ3) is 2.53. The van der Waals surface area contributed by atoms with Crippen molar-refractivity contribution in [2.75, 3.05) is 11.1 Å². The summed E-state index contributed by atoms with van der Waals surface area (Å²) in [6, 6.07) is 1.56. The van der Waals surface area contributed by atoms with E-state index in [4.69, 9.17) is 0 Å². The quantitative estimate of drug-likeness (QED) is 0.794. The van der Waals surface area contributed by atoms with Crippen LogP contribution in [0, 0.1) is 6.92 Å². The molecule has 1 aliphatic rings. The second kappa shape index (κ2) is 3.62. The van der Waals surface area contributed by atoms with Crippen LogP contribution in [0.1, 0.15) is 5.69 Å². The number of aryl methyl sites for hydroxylation is 1. The predicted molar refractivity (Wildman–Crippen MR) is 57.1 cm³/mol. The van der Waals surface area contributed by atoms with Crippen LogP contribution in [-0.4, -0.2) is 30.2 Å². The topological polar surface area (TPSA) is 72.0 Å². The highest BCUT2D eigenvalue weighted by Gasteiger charge is 2.21. The van der Waals surface area contributed by atoms with Crippen LogP contribution < -0.4 is 5.32 Å². The molecule has 1 atom stereocenters. The van der Waals surface area contributed by atoms with Gasteiger partial charge in [0.1, 0.15) is 0 Å². The number of hydrogen-bond acceptors (Lipinski definition) is 5. The van der Waals surface area contributed by atoms with Gasteiger partial charge >= 0.3 is 0 Å². The van der Waals surface area contributed by atoms with Crippen LogP contribution in [0.5, 0.6) is 0 Å². The van der Waals surface area contributed by atoms with Crippen molar-refractivity contribution >= 4 is 15.8 Å². The van der Waals surface area contributed by atoms with E-state index in [9.17, 15) is 8.42 Å². The maximum absolute atomic E-state index is 11.1. The van der Waals surface area contributed by atoms with Crippen molar-refractivity contribution in [1.82, 2.24) is 9.97 Å². The van der Waals surface area contributed by atoms with Gasteiger partial charge in [0.05, 0.1) is 11.8 Å². The maximum atomic E-state index is 11.1. The van der Waals surface area contributed by atoms with Gasteiger partial charge in [0.2, 0.25) is 5.95 Å². The minimum absolute atomic E-state index is 0.0737. The third-order valence-corrected chi connectivity index (χ3v) is 3.43. The van der Waals surface area contributed by atoms with E-state index in [1.165, 1.54) is 5.41 Å². The van der Waals surface area contributed by atoms with Gasteiger partial charge in [-0.1, -0.05) is 0 Å². The van der Waals surface area contributed by atoms with E-state index in [2.05, 4.69) is 15.3 Å². The predicted octanol–water partition coefficient (Wildman–Crippen LogP) is 0.508. The molecule has 2 rings (SSSR count). The van der Waals surface area contributed by atoms with E-state index >= 15 is 0 Å². The highest BCUT2D eigenvalue weighted by molar-refractivity contribution is 7.94. The molecule has 0 amide bonds. The third-order valence-electron chi connectivity index (χ3n) is 2.04. The molecule has 0 fully saturated rings. The van der Waals surface area contributed by atoms with Crippen LogP contribution in [0.15, 0.2) is 23.7 Å². The monoisotopic (exact) mass is 225 g/mol. The molecule has 6 heteroatoms. The Hall–Kier alpha value is -1.43. The minimum atomic E-state index is -3.02. The molecule has 0 bridgehead atoms. The largest absolute Gasteiger partial charge is 0.347 e. The Bertz CT molecular complexity index is 496. The standard InChI is InChI=1S/C9H11N3O2S/c1-7-2-4-10-9(11-7)12-8-3-5-15(13,14)6-8/h2-5,8H,6H2,1H3,(H,10,11,12). The van der Waals surface area contributed by atoms with Gasteiger partial charge in [0.15, 0.2) is 9.84 Å². The highest BCUT2D eigenvalue weighted by atomic mass is 32.2. The first-order valence-corrected chi connectivity index (χ1v) is 6.24. The summed E-state index contributed by atoms with van der Waals surface area (Å²) in [6.45, 7) is 1.86. The van der Waals surface area contributed by atoms with Crippen molar-refractivity contribution in [3.8, 4) is 0 Å². The van der Waals surface area contributed by atoms with Crippen molar-refractivity contribution in [3.05, 3.63) is 29.4 Å². The van der Waals surface area contributed by atoms with Gasteiger partial charge in [-0.2, -0.15) is 0 Å². The number of nitrogens with zero attached hydrogens (tertiary/aromatic N) is 2. The summed E-state index contributed by atoms with van der Waals surface area (Å²) in [5, 5.41) is 4.17. The molecule has 0 saturated carbocycles. The highest BCUT2D eigenvalue weighted by Crippen LogP contribution is 2.11. The molecule has 1 aromatic heterocycles. The number of aromatic nitrogens is 2. The van der Waals surface area contributed by atoms with E-state index in [1.54, 1.807) is 18.3 Å². The average molecular weight is 225 g/mol. The molecule has 0 aliphatic carbocycles. The Balaban J connectivity index is 2.09. The molecule has 1 unspecified atom stereocenters. The Morgan fingerprint density at radius 1 is 1.53 bits per heavy atom. The molecule has 5 nitrogen and oxygen atoms in total. The lowest BCUT2D eigenvalue weighted by molar-refractivity contribution is 0.605. The number of hydrogen-bond donors (Lipinski definition) is 1. The van der Waals surface area contributed by atoms with Crippen molar-refractivity contribution in [1.29, 1.82) is 0 Å². The Kier molecular flexibility index (Phi) is 2.44. The maximum Gasteiger partial charge on any atom is 0.223 e. The van der Waals surface area contributed by atoms with E-state index in [0.717, 1.165) is 5.69 Å². The number of anilines is 1. The summed E-state index contributed by atoms with van der Waals surface area (Å²) in [5.74, 6) is 0.534. The van der Waals surface area contributed by atoms with E-state index in [1.807, 2.05) is 6.92 Å². The smallest absolute Gasteiger partial charge is 0.223 e. The second-order valence-corrected chi connectivity index (χ2v) is 5.36. The Morgan fingerprint density at radius 3 is 2.93 bits per heavy atom. The normalized spacial score (nSPS) is 22.9. The molecular weight excluding hydrogens is 214 g/mol. The van der Waals surface area contributed by atoms with Crippen molar-refractivity contribution < 1.29 is 8.42 Å². The molecule has 0 spiro atoms. The lowest BCUT2D eigenvalue weighted by Crippen LogP contribution is -2.22. The second-order valence-electron chi connectivity index (χ2n) is 3.43. The molecule has 1 aromatic rings. The molecule has 0 aromatic carbocycles. The summed E-state index contributed by atoms with van der Waals surface area (Å²) in [5.41, 5.74) is 0.845. The lowest BCUT2D eigenvalue weighted by Gasteiger charge is -2.09. The summed E-state index contributed by atoms with van der Waals surface area (Å²) >= 11 is 0. The number of nitrogens with one attached hydrogen (secondary N) is 1. The molecule has 1 N–H and O–H groups in total. The Morgan fingerprint density at radius 2 is 2.33 bits per heavy atom. The zero-order valence-corrected chi connectivity index (χ0v) is 9.03. The first kappa shape index (κ1) is 10.1. The van der Waals surface area contributed by atoms with Crippen molar-refractivity contribution in [3.63, 3.8) is 0 Å². The van der Waals surface area contributed by atoms with Crippen LogP contribution >= 0.6 is 0 Å². The summed E-state index contributed by atoms with van der Waals surface area (Å²) in [7, 11) is -3.02. The first-order valence-electron chi connectivity index (χ1n) is 4.52. The molecule has 15 heavy (non-hydrogen) atoms. The van der Waals surface area contributed by atoms with Crippen molar-refractivity contribution in [2.45, 2.75) is 13.0 Å². The molecule has 1 aliphatic heterocycles. The van der Waals surface area contributed by atoms with Gasteiger partial charge in [-0.05, 0) is 19.1 Å². The zero-order valence-electron chi connectivity index (χ0n) is 8.21. The van der Waals surface area contributed by atoms with Crippen LogP contribution in [0.4, 0.5) is 5.95 Å². The molecular formula is C9H11N3O2S. The fourth-order valence-electron chi connectivity index (χ4n) is 1.35. The zero-order chi connectivity index (χ0) is 10.9. The van der Waals surface area contributed by atoms with Gasteiger partial charge in [0.25, 0.3) is 0 Å². The first-order chi connectivity index (χ1) is 7.05. The Labute approximate surface area is 88.2 Å². The number of sulfone groups is 1. The fraction of sp³-hybridized carbons (Fsp3) is 0.333. The molecule has 2 heterocycles. The molecule has 80 valence electrons. The summed E-state index contributed by atoms with van der Waals surface area (Å²) in [6.07, 6.45) is 3.25. The van der Waals surface area contributed by atoms with Gasteiger partial charge < -0.3 is 5.32 Å². The average Bonchev–Trinajstić information content (AvgIpc) is 2.45. The SMILES string of the molecule is Cc1ccnc(NC2C=CS(=O)(=O)C2)n1.